The predicted molar refractivity (Wildman–Crippen MR) is 55.1 cm³/mol. The van der Waals surface area contributed by atoms with Gasteiger partial charge in [-0.1, -0.05) is 0 Å². The Hall–Kier alpha value is -2.05. The molecule has 1 rings (SSSR count). The molecule has 98 valence electrons. The summed E-state index contributed by atoms with van der Waals surface area (Å²) in [6.07, 6.45) is -0.565. The standard InChI is InChI=1S/C11H10F3NO3/c1-5(16)15-9(4-10(17)18)6-2-7(12)11(14)8(13)3-6/h2-3,9H,4H2,1H3,(H,15,16)(H,17,18)/t9-/m1/s1. The number of rotatable bonds is 4. The molecule has 1 amide bonds. The van der Waals surface area contributed by atoms with Gasteiger partial charge in [-0.15, -0.1) is 0 Å². The summed E-state index contributed by atoms with van der Waals surface area (Å²) in [5.41, 5.74) is -0.149. The summed E-state index contributed by atoms with van der Waals surface area (Å²) in [5.74, 6) is -6.35. The minimum atomic E-state index is -1.64. The molecule has 4 nitrogen and oxygen atoms in total. The van der Waals surface area contributed by atoms with Gasteiger partial charge in [-0.2, -0.15) is 0 Å². The van der Waals surface area contributed by atoms with Crippen LogP contribution >= 0.6 is 0 Å². The molecule has 0 fully saturated rings. The molecule has 0 aliphatic heterocycles. The van der Waals surface area contributed by atoms with Crippen LogP contribution < -0.4 is 5.32 Å². The zero-order valence-electron chi connectivity index (χ0n) is 9.34. The molecule has 1 aromatic carbocycles. The first kappa shape index (κ1) is 14.0. The molecule has 0 heterocycles. The Morgan fingerprint density at radius 2 is 1.78 bits per heavy atom. The van der Waals surface area contributed by atoms with Crippen molar-refractivity contribution in [3.8, 4) is 0 Å². The zero-order valence-corrected chi connectivity index (χ0v) is 9.34. The molecule has 18 heavy (non-hydrogen) atoms. The maximum Gasteiger partial charge on any atom is 0.305 e. The Morgan fingerprint density at radius 3 is 2.17 bits per heavy atom. The molecule has 1 atom stereocenters. The van der Waals surface area contributed by atoms with Gasteiger partial charge in [0, 0.05) is 6.92 Å². The highest BCUT2D eigenvalue weighted by Gasteiger charge is 2.20. The van der Waals surface area contributed by atoms with E-state index in [1.165, 1.54) is 0 Å². The van der Waals surface area contributed by atoms with Crippen LogP contribution in [0, 0.1) is 17.5 Å². The van der Waals surface area contributed by atoms with E-state index in [9.17, 15) is 22.8 Å². The van der Waals surface area contributed by atoms with Crippen molar-refractivity contribution >= 4 is 11.9 Å². The number of carbonyl (C=O) groups is 2. The lowest BCUT2D eigenvalue weighted by Gasteiger charge is -2.16. The van der Waals surface area contributed by atoms with Crippen LogP contribution in [0.4, 0.5) is 13.2 Å². The van der Waals surface area contributed by atoms with E-state index < -0.39 is 41.8 Å². The van der Waals surface area contributed by atoms with Gasteiger partial charge in [-0.05, 0) is 17.7 Å². The molecular weight excluding hydrogens is 251 g/mol. The van der Waals surface area contributed by atoms with Crippen LogP contribution in [0.2, 0.25) is 0 Å². The van der Waals surface area contributed by atoms with Crippen LogP contribution in [-0.2, 0) is 9.59 Å². The van der Waals surface area contributed by atoms with Crippen LogP contribution in [0.25, 0.3) is 0 Å². The number of aliphatic carboxylic acids is 1. The van der Waals surface area contributed by atoms with Crippen LogP contribution in [-0.4, -0.2) is 17.0 Å². The van der Waals surface area contributed by atoms with Gasteiger partial charge in [-0.3, -0.25) is 9.59 Å². The van der Waals surface area contributed by atoms with E-state index in [1.54, 1.807) is 0 Å². The smallest absolute Gasteiger partial charge is 0.305 e. The average molecular weight is 261 g/mol. The van der Waals surface area contributed by atoms with Crippen molar-refractivity contribution in [1.29, 1.82) is 0 Å². The molecule has 0 radical (unpaired) electrons. The van der Waals surface area contributed by atoms with Crippen molar-refractivity contribution in [2.45, 2.75) is 19.4 Å². The monoisotopic (exact) mass is 261 g/mol. The number of nitrogens with one attached hydrogen (secondary N) is 1. The SMILES string of the molecule is CC(=O)N[C@H](CC(=O)O)c1cc(F)c(F)c(F)c1. The van der Waals surface area contributed by atoms with Crippen molar-refractivity contribution in [2.24, 2.45) is 0 Å². The second-order valence-corrected chi connectivity index (χ2v) is 3.65. The number of hydrogen-bond acceptors (Lipinski definition) is 2. The number of carboxylic acid groups (broad SMARTS) is 1. The largest absolute Gasteiger partial charge is 0.481 e. The summed E-state index contributed by atoms with van der Waals surface area (Å²) in [5, 5.41) is 10.9. The van der Waals surface area contributed by atoms with Gasteiger partial charge < -0.3 is 10.4 Å². The number of hydrogen-bond donors (Lipinski definition) is 2. The van der Waals surface area contributed by atoms with Crippen molar-refractivity contribution < 1.29 is 27.9 Å². The van der Waals surface area contributed by atoms with E-state index in [-0.39, 0.29) is 5.56 Å². The average Bonchev–Trinajstić information content (AvgIpc) is 2.23. The van der Waals surface area contributed by atoms with E-state index >= 15 is 0 Å². The van der Waals surface area contributed by atoms with Gasteiger partial charge in [0.25, 0.3) is 0 Å². The lowest BCUT2D eigenvalue weighted by molar-refractivity contribution is -0.137. The van der Waals surface area contributed by atoms with E-state index in [0.29, 0.717) is 12.1 Å². The third kappa shape index (κ3) is 3.47. The number of carboxylic acids is 1. The second kappa shape index (κ2) is 5.52. The molecule has 2 N–H and O–H groups in total. The van der Waals surface area contributed by atoms with Gasteiger partial charge >= 0.3 is 5.97 Å². The van der Waals surface area contributed by atoms with Crippen molar-refractivity contribution in [1.82, 2.24) is 5.32 Å². The predicted octanol–water partition coefficient (Wildman–Crippen LogP) is 1.76. The first-order valence-electron chi connectivity index (χ1n) is 4.94. The Labute approximate surface area is 100 Å². The maximum absolute atomic E-state index is 13.0. The molecule has 0 aliphatic rings. The lowest BCUT2D eigenvalue weighted by atomic mass is 10.0. The number of halogens is 3. The quantitative estimate of drug-likeness (QED) is 0.811. The number of amides is 1. The summed E-state index contributed by atoms with van der Waals surface area (Å²) in [7, 11) is 0. The normalized spacial score (nSPS) is 12.0. The highest BCUT2D eigenvalue weighted by Crippen LogP contribution is 2.21. The molecule has 1 aromatic rings. The van der Waals surface area contributed by atoms with E-state index in [2.05, 4.69) is 5.32 Å². The molecule has 7 heteroatoms. The van der Waals surface area contributed by atoms with E-state index in [4.69, 9.17) is 5.11 Å². The lowest BCUT2D eigenvalue weighted by Crippen LogP contribution is -2.28. The Bertz CT molecular complexity index is 451. The molecule has 0 aromatic heterocycles. The van der Waals surface area contributed by atoms with Gasteiger partial charge in [0.15, 0.2) is 17.5 Å². The number of benzene rings is 1. The first-order chi connectivity index (χ1) is 8.31. The van der Waals surface area contributed by atoms with Crippen LogP contribution in [0.3, 0.4) is 0 Å². The van der Waals surface area contributed by atoms with Crippen LogP contribution in [0.1, 0.15) is 24.9 Å². The minimum absolute atomic E-state index is 0.149. The fraction of sp³-hybridized carbons (Fsp3) is 0.273. The minimum Gasteiger partial charge on any atom is -0.481 e. The van der Waals surface area contributed by atoms with Crippen molar-refractivity contribution in [3.63, 3.8) is 0 Å². The summed E-state index contributed by atoms with van der Waals surface area (Å²) < 4.78 is 38.7. The van der Waals surface area contributed by atoms with Gasteiger partial charge in [0.05, 0.1) is 12.5 Å². The summed E-state index contributed by atoms with van der Waals surface area (Å²) in [6.45, 7) is 1.13. The van der Waals surface area contributed by atoms with Crippen LogP contribution in [0.5, 0.6) is 0 Å². The van der Waals surface area contributed by atoms with Gasteiger partial charge in [0.2, 0.25) is 5.91 Å². The van der Waals surface area contributed by atoms with Crippen molar-refractivity contribution in [2.75, 3.05) is 0 Å². The number of carbonyl (C=O) groups excluding carboxylic acids is 1. The molecule has 0 saturated carbocycles. The molecule has 0 aliphatic carbocycles. The van der Waals surface area contributed by atoms with E-state index in [1.807, 2.05) is 0 Å². The summed E-state index contributed by atoms with van der Waals surface area (Å²) in [6, 6.07) is 0.189. The fourth-order valence-corrected chi connectivity index (χ4v) is 1.45. The molecular formula is C11H10F3NO3. The van der Waals surface area contributed by atoms with Gasteiger partial charge in [-0.25, -0.2) is 13.2 Å². The third-order valence-corrected chi connectivity index (χ3v) is 2.16. The molecule has 0 bridgehead atoms. The van der Waals surface area contributed by atoms with Crippen LogP contribution in [0.15, 0.2) is 12.1 Å². The Balaban J connectivity index is 3.12. The highest BCUT2D eigenvalue weighted by molar-refractivity contribution is 5.75. The summed E-state index contributed by atoms with van der Waals surface area (Å²) >= 11 is 0. The topological polar surface area (TPSA) is 66.4 Å². The van der Waals surface area contributed by atoms with E-state index in [0.717, 1.165) is 6.92 Å². The van der Waals surface area contributed by atoms with Gasteiger partial charge in [0.1, 0.15) is 0 Å². The Kier molecular flexibility index (Phi) is 4.30. The zero-order chi connectivity index (χ0) is 13.9. The van der Waals surface area contributed by atoms with Crippen molar-refractivity contribution in [3.05, 3.63) is 35.1 Å². The highest BCUT2D eigenvalue weighted by atomic mass is 19.2. The maximum atomic E-state index is 13.0. The molecule has 0 spiro atoms. The third-order valence-electron chi connectivity index (χ3n) is 2.16. The summed E-state index contributed by atoms with van der Waals surface area (Å²) in [4.78, 5) is 21.5. The first-order valence-corrected chi connectivity index (χ1v) is 4.94. The Morgan fingerprint density at radius 1 is 1.28 bits per heavy atom. The fourth-order valence-electron chi connectivity index (χ4n) is 1.45. The molecule has 0 unspecified atom stereocenters. The second-order valence-electron chi connectivity index (χ2n) is 3.65. The molecule has 0 saturated heterocycles.